The van der Waals surface area contributed by atoms with E-state index in [-0.39, 0.29) is 17.7 Å². The summed E-state index contributed by atoms with van der Waals surface area (Å²) in [5.41, 5.74) is 2.63. The summed E-state index contributed by atoms with van der Waals surface area (Å²) < 4.78 is 0. The maximum atomic E-state index is 13.0. The van der Waals surface area contributed by atoms with Gasteiger partial charge in [0.05, 0.1) is 4.88 Å². The van der Waals surface area contributed by atoms with Crippen molar-refractivity contribution in [1.29, 1.82) is 0 Å². The molecule has 2 aliphatic rings. The maximum Gasteiger partial charge on any atom is 0.263 e. The highest BCUT2D eigenvalue weighted by atomic mass is 32.1. The van der Waals surface area contributed by atoms with Crippen LogP contribution >= 0.6 is 11.3 Å². The first kappa shape index (κ1) is 20.1. The fourth-order valence-corrected chi connectivity index (χ4v) is 5.03. The summed E-state index contributed by atoms with van der Waals surface area (Å²) in [6.07, 6.45) is 1.55. The maximum absolute atomic E-state index is 13.0. The van der Waals surface area contributed by atoms with Crippen LogP contribution in [0.3, 0.4) is 0 Å². The number of likely N-dealkylation sites (tertiary alicyclic amines) is 1. The molecular formula is C23H29N3O2S. The lowest BCUT2D eigenvalue weighted by Gasteiger charge is -2.38. The van der Waals surface area contributed by atoms with Crippen molar-refractivity contribution >= 4 is 23.2 Å². The van der Waals surface area contributed by atoms with E-state index in [0.717, 1.165) is 50.4 Å². The highest BCUT2D eigenvalue weighted by Crippen LogP contribution is 2.23. The molecule has 0 aliphatic carbocycles. The van der Waals surface area contributed by atoms with Gasteiger partial charge in [-0.15, -0.1) is 11.3 Å². The first-order valence-corrected chi connectivity index (χ1v) is 11.4. The van der Waals surface area contributed by atoms with Gasteiger partial charge in [-0.1, -0.05) is 35.9 Å². The molecule has 2 fully saturated rings. The molecule has 2 amide bonds. The Balaban J connectivity index is 1.23. The van der Waals surface area contributed by atoms with Crippen LogP contribution in [0.25, 0.3) is 0 Å². The van der Waals surface area contributed by atoms with Crippen LogP contribution in [-0.2, 0) is 11.3 Å². The molecule has 29 heavy (non-hydrogen) atoms. The summed E-state index contributed by atoms with van der Waals surface area (Å²) in [5, 5.41) is 1.93. The largest absolute Gasteiger partial charge is 0.340 e. The highest BCUT2D eigenvalue weighted by Gasteiger charge is 2.32. The molecule has 2 aliphatic heterocycles. The van der Waals surface area contributed by atoms with Gasteiger partial charge in [-0.25, -0.2) is 0 Å². The van der Waals surface area contributed by atoms with Crippen molar-refractivity contribution in [2.45, 2.75) is 26.3 Å². The highest BCUT2D eigenvalue weighted by molar-refractivity contribution is 7.12. The number of hydrogen-bond acceptors (Lipinski definition) is 4. The predicted molar refractivity (Wildman–Crippen MR) is 116 cm³/mol. The van der Waals surface area contributed by atoms with Crippen molar-refractivity contribution in [1.82, 2.24) is 14.7 Å². The summed E-state index contributed by atoms with van der Waals surface area (Å²) >= 11 is 1.48. The van der Waals surface area contributed by atoms with Crippen LogP contribution in [0.2, 0.25) is 0 Å². The first-order valence-electron chi connectivity index (χ1n) is 10.5. The normalized spacial score (nSPS) is 18.8. The Morgan fingerprint density at radius 3 is 2.38 bits per heavy atom. The predicted octanol–water partition coefficient (Wildman–Crippen LogP) is 3.25. The molecule has 6 heteroatoms. The minimum absolute atomic E-state index is 0.0608. The van der Waals surface area contributed by atoms with E-state index in [0.29, 0.717) is 13.1 Å². The molecule has 4 rings (SSSR count). The molecule has 0 saturated carbocycles. The van der Waals surface area contributed by atoms with Gasteiger partial charge < -0.3 is 9.80 Å². The lowest BCUT2D eigenvalue weighted by atomic mass is 9.94. The third-order valence-corrected chi connectivity index (χ3v) is 6.89. The second kappa shape index (κ2) is 9.09. The Morgan fingerprint density at radius 2 is 1.72 bits per heavy atom. The average Bonchev–Trinajstić information content (AvgIpc) is 3.28. The van der Waals surface area contributed by atoms with Crippen LogP contribution in [0.5, 0.6) is 0 Å². The van der Waals surface area contributed by atoms with Gasteiger partial charge in [-0.2, -0.15) is 0 Å². The van der Waals surface area contributed by atoms with E-state index in [1.165, 1.54) is 22.5 Å². The van der Waals surface area contributed by atoms with Crippen LogP contribution in [-0.4, -0.2) is 65.8 Å². The van der Waals surface area contributed by atoms with Crippen LogP contribution in [0, 0.1) is 12.8 Å². The second-order valence-electron chi connectivity index (χ2n) is 8.13. The molecule has 0 unspecified atom stereocenters. The second-order valence-corrected chi connectivity index (χ2v) is 9.08. The average molecular weight is 412 g/mol. The van der Waals surface area contributed by atoms with Gasteiger partial charge in [0.2, 0.25) is 5.91 Å². The van der Waals surface area contributed by atoms with Gasteiger partial charge >= 0.3 is 0 Å². The van der Waals surface area contributed by atoms with Gasteiger partial charge in [0, 0.05) is 51.7 Å². The Kier molecular flexibility index (Phi) is 6.31. The van der Waals surface area contributed by atoms with Crippen molar-refractivity contribution in [3.05, 3.63) is 57.8 Å². The Bertz CT molecular complexity index is 836. The van der Waals surface area contributed by atoms with Crippen molar-refractivity contribution < 1.29 is 9.59 Å². The molecule has 2 saturated heterocycles. The zero-order valence-corrected chi connectivity index (χ0v) is 17.9. The topological polar surface area (TPSA) is 43.9 Å². The van der Waals surface area contributed by atoms with Crippen LogP contribution < -0.4 is 0 Å². The fourth-order valence-electron chi connectivity index (χ4n) is 4.34. The van der Waals surface area contributed by atoms with E-state index >= 15 is 0 Å². The number of aryl methyl sites for hydroxylation is 1. The molecular weight excluding hydrogens is 382 g/mol. The minimum Gasteiger partial charge on any atom is -0.340 e. The molecule has 1 aromatic heterocycles. The number of nitrogens with zero attached hydrogens (tertiary/aromatic N) is 3. The summed E-state index contributed by atoms with van der Waals surface area (Å²) in [6.45, 7) is 7.90. The van der Waals surface area contributed by atoms with Gasteiger partial charge in [0.15, 0.2) is 0 Å². The van der Waals surface area contributed by atoms with E-state index in [1.807, 2.05) is 27.3 Å². The Labute approximate surface area is 176 Å². The van der Waals surface area contributed by atoms with Crippen LogP contribution in [0.4, 0.5) is 0 Å². The number of amides is 2. The SMILES string of the molecule is Cc1cccc(CN2CCN(C(=O)C3CCN(C(=O)c4cccs4)CC3)CC2)c1. The minimum atomic E-state index is 0.0608. The molecule has 2 aromatic rings. The van der Waals surface area contributed by atoms with E-state index < -0.39 is 0 Å². The first-order chi connectivity index (χ1) is 14.1. The summed E-state index contributed by atoms with van der Waals surface area (Å²) in [7, 11) is 0. The molecule has 0 bridgehead atoms. The number of piperidine rings is 1. The number of carbonyl (C=O) groups is 2. The lowest BCUT2D eigenvalue weighted by Crippen LogP contribution is -2.51. The third kappa shape index (κ3) is 4.87. The van der Waals surface area contributed by atoms with E-state index in [9.17, 15) is 9.59 Å². The van der Waals surface area contributed by atoms with Crippen LogP contribution in [0.15, 0.2) is 41.8 Å². The third-order valence-electron chi connectivity index (χ3n) is 6.04. The number of hydrogen-bond donors (Lipinski definition) is 0. The lowest BCUT2D eigenvalue weighted by molar-refractivity contribution is -0.138. The van der Waals surface area contributed by atoms with E-state index in [1.54, 1.807) is 0 Å². The van der Waals surface area contributed by atoms with Crippen molar-refractivity contribution in [2.24, 2.45) is 5.92 Å². The Morgan fingerprint density at radius 1 is 0.966 bits per heavy atom. The molecule has 0 atom stereocenters. The summed E-state index contributed by atoms with van der Waals surface area (Å²) in [4.78, 5) is 32.6. The smallest absolute Gasteiger partial charge is 0.263 e. The Hall–Kier alpha value is -2.18. The van der Waals surface area contributed by atoms with E-state index in [2.05, 4.69) is 36.1 Å². The van der Waals surface area contributed by atoms with Gasteiger partial charge in [-0.05, 0) is 36.8 Å². The van der Waals surface area contributed by atoms with Crippen molar-refractivity contribution in [3.8, 4) is 0 Å². The van der Waals surface area contributed by atoms with Crippen LogP contribution in [0.1, 0.15) is 33.6 Å². The van der Waals surface area contributed by atoms with Gasteiger partial charge in [0.25, 0.3) is 5.91 Å². The molecule has 3 heterocycles. The number of benzene rings is 1. The molecule has 154 valence electrons. The molecule has 0 spiro atoms. The zero-order valence-electron chi connectivity index (χ0n) is 17.0. The zero-order chi connectivity index (χ0) is 20.2. The molecule has 5 nitrogen and oxygen atoms in total. The molecule has 1 aromatic carbocycles. The number of carbonyl (C=O) groups excluding carboxylic acids is 2. The summed E-state index contributed by atoms with van der Waals surface area (Å²) in [5.74, 6) is 0.449. The molecule has 0 N–H and O–H groups in total. The number of piperazine rings is 1. The number of rotatable bonds is 4. The van der Waals surface area contributed by atoms with Crippen molar-refractivity contribution in [3.63, 3.8) is 0 Å². The van der Waals surface area contributed by atoms with Gasteiger partial charge in [0.1, 0.15) is 0 Å². The fraction of sp³-hybridized carbons (Fsp3) is 0.478. The van der Waals surface area contributed by atoms with E-state index in [4.69, 9.17) is 0 Å². The van der Waals surface area contributed by atoms with Crippen molar-refractivity contribution in [2.75, 3.05) is 39.3 Å². The van der Waals surface area contributed by atoms with Gasteiger partial charge in [-0.3, -0.25) is 14.5 Å². The quantitative estimate of drug-likeness (QED) is 0.776. The molecule has 0 radical (unpaired) electrons. The summed E-state index contributed by atoms with van der Waals surface area (Å²) in [6, 6.07) is 12.4. The number of thiophene rings is 1. The standard InChI is InChI=1S/C23H29N3O2S/c1-18-4-2-5-19(16-18)17-24-11-13-26(14-12-24)22(27)20-7-9-25(10-8-20)23(28)21-6-3-15-29-21/h2-6,15-16,20H,7-14,17H2,1H3. The monoisotopic (exact) mass is 411 g/mol.